The lowest BCUT2D eigenvalue weighted by molar-refractivity contribution is -0.134. The molecule has 10 heteroatoms. The highest BCUT2D eigenvalue weighted by Crippen LogP contribution is 2.27. The number of carbonyl (C=O) groups excluding carboxylic acids is 2. The third-order valence-electron chi connectivity index (χ3n) is 8.35. The molecule has 1 aromatic heterocycles. The first-order chi connectivity index (χ1) is 18.9. The predicted octanol–water partition coefficient (Wildman–Crippen LogP) is 3.54. The van der Waals surface area contributed by atoms with Crippen molar-refractivity contribution in [3.05, 3.63) is 46.7 Å². The maximum atomic E-state index is 13.3. The molecule has 0 saturated carbocycles. The number of nitrogens with two attached hydrogens (primary N) is 1. The molecule has 0 bridgehead atoms. The van der Waals surface area contributed by atoms with Crippen LogP contribution in [0, 0.1) is 18.8 Å². The number of hydrogen-bond acceptors (Lipinski definition) is 7. The fraction of sp³-hybridized carbons (Fsp3) is 0.586. The molecule has 3 aliphatic rings. The largest absolute Gasteiger partial charge is 0.494 e. The van der Waals surface area contributed by atoms with Gasteiger partial charge in [-0.15, -0.1) is 0 Å². The zero-order chi connectivity index (χ0) is 27.4. The molecular formula is C29H39ClN6O3. The van der Waals surface area contributed by atoms with Crippen LogP contribution in [-0.4, -0.2) is 83.5 Å². The lowest BCUT2D eigenvalue weighted by Crippen LogP contribution is -2.42. The number of amides is 2. The molecule has 1 aromatic carbocycles. The van der Waals surface area contributed by atoms with Gasteiger partial charge in [0.25, 0.3) is 5.91 Å². The molecule has 0 unspecified atom stereocenters. The molecule has 3 saturated heterocycles. The van der Waals surface area contributed by atoms with Gasteiger partial charge in [0.15, 0.2) is 0 Å². The molecule has 5 rings (SSSR count). The van der Waals surface area contributed by atoms with Crippen molar-refractivity contribution in [2.75, 3.05) is 50.8 Å². The highest BCUT2D eigenvalue weighted by Gasteiger charge is 2.40. The molecule has 2 amide bonds. The zero-order valence-corrected chi connectivity index (χ0v) is 23.5. The zero-order valence-electron chi connectivity index (χ0n) is 22.7. The molecule has 0 radical (unpaired) electrons. The van der Waals surface area contributed by atoms with Crippen LogP contribution < -0.4 is 15.4 Å². The Morgan fingerprint density at radius 1 is 1.05 bits per heavy atom. The number of hydrogen-bond donors (Lipinski definition) is 1. The third-order valence-corrected chi connectivity index (χ3v) is 8.54. The number of anilines is 1. The summed E-state index contributed by atoms with van der Waals surface area (Å²) in [6.07, 6.45) is 9.73. The second-order valence-electron chi connectivity index (χ2n) is 11.1. The van der Waals surface area contributed by atoms with Gasteiger partial charge in [0.2, 0.25) is 11.9 Å². The number of halogens is 1. The van der Waals surface area contributed by atoms with Gasteiger partial charge in [-0.05, 0) is 75.1 Å². The van der Waals surface area contributed by atoms with E-state index in [2.05, 4.69) is 14.9 Å². The third kappa shape index (κ3) is 6.64. The van der Waals surface area contributed by atoms with Crippen LogP contribution >= 0.6 is 11.6 Å². The van der Waals surface area contributed by atoms with E-state index >= 15 is 0 Å². The Bertz CT molecular complexity index is 1150. The summed E-state index contributed by atoms with van der Waals surface area (Å²) in [5, 5.41) is 0.556. The van der Waals surface area contributed by atoms with E-state index in [0.29, 0.717) is 36.2 Å². The molecule has 3 aliphatic heterocycles. The Morgan fingerprint density at radius 2 is 1.77 bits per heavy atom. The van der Waals surface area contributed by atoms with Crippen molar-refractivity contribution in [3.8, 4) is 5.75 Å². The van der Waals surface area contributed by atoms with E-state index < -0.39 is 0 Å². The lowest BCUT2D eigenvalue weighted by atomic mass is 9.92. The van der Waals surface area contributed by atoms with Crippen molar-refractivity contribution < 1.29 is 14.3 Å². The fourth-order valence-corrected chi connectivity index (χ4v) is 6.11. The molecule has 3 fully saturated rings. The van der Waals surface area contributed by atoms with Gasteiger partial charge in [-0.1, -0.05) is 11.6 Å². The van der Waals surface area contributed by atoms with Crippen molar-refractivity contribution in [2.24, 2.45) is 17.6 Å². The number of aromatic nitrogens is 2. The van der Waals surface area contributed by atoms with Crippen LogP contribution in [0.3, 0.4) is 0 Å². The fourth-order valence-electron chi connectivity index (χ4n) is 6.02. The highest BCUT2D eigenvalue weighted by atomic mass is 35.5. The smallest absolute Gasteiger partial charge is 0.254 e. The molecule has 39 heavy (non-hydrogen) atoms. The van der Waals surface area contributed by atoms with Crippen LogP contribution in [-0.2, 0) is 4.79 Å². The maximum Gasteiger partial charge on any atom is 0.254 e. The van der Waals surface area contributed by atoms with E-state index in [4.69, 9.17) is 22.1 Å². The topological polar surface area (TPSA) is 105 Å². The first-order valence-electron chi connectivity index (χ1n) is 14.2. The predicted molar refractivity (Wildman–Crippen MR) is 151 cm³/mol. The molecule has 2 N–H and O–H groups in total. The van der Waals surface area contributed by atoms with Gasteiger partial charge in [0, 0.05) is 50.9 Å². The molecule has 4 heterocycles. The molecule has 9 nitrogen and oxygen atoms in total. The first kappa shape index (κ1) is 27.6. The molecule has 2 aromatic rings. The minimum Gasteiger partial charge on any atom is -0.494 e. The van der Waals surface area contributed by atoms with Crippen LogP contribution in [0.25, 0.3) is 0 Å². The Kier molecular flexibility index (Phi) is 8.87. The van der Waals surface area contributed by atoms with E-state index in [0.717, 1.165) is 82.0 Å². The van der Waals surface area contributed by atoms with Crippen molar-refractivity contribution >= 4 is 29.4 Å². The molecular weight excluding hydrogens is 516 g/mol. The Morgan fingerprint density at radius 3 is 2.46 bits per heavy atom. The van der Waals surface area contributed by atoms with Crippen LogP contribution in [0.1, 0.15) is 54.4 Å². The average Bonchev–Trinajstić information content (AvgIpc) is 3.62. The van der Waals surface area contributed by atoms with E-state index in [9.17, 15) is 9.59 Å². The number of aryl methyl sites for hydroxylation is 1. The summed E-state index contributed by atoms with van der Waals surface area (Å²) in [5.41, 5.74) is 7.81. The summed E-state index contributed by atoms with van der Waals surface area (Å²) in [4.78, 5) is 40.6. The highest BCUT2D eigenvalue weighted by molar-refractivity contribution is 6.30. The summed E-state index contributed by atoms with van der Waals surface area (Å²) >= 11 is 5.90. The quantitative estimate of drug-likeness (QED) is 0.498. The summed E-state index contributed by atoms with van der Waals surface area (Å²) in [6, 6.07) is 5.32. The minimum atomic E-state index is -0.317. The number of nitrogens with zero attached hydrogens (tertiary/aromatic N) is 5. The monoisotopic (exact) mass is 554 g/mol. The van der Waals surface area contributed by atoms with Crippen molar-refractivity contribution in [2.45, 2.75) is 51.5 Å². The lowest BCUT2D eigenvalue weighted by Gasteiger charge is -2.32. The number of ether oxygens (including phenoxy) is 1. The van der Waals surface area contributed by atoms with E-state index in [1.54, 1.807) is 17.3 Å². The van der Waals surface area contributed by atoms with Gasteiger partial charge >= 0.3 is 0 Å². The van der Waals surface area contributed by atoms with E-state index in [1.165, 1.54) is 0 Å². The van der Waals surface area contributed by atoms with Gasteiger partial charge in [-0.2, -0.15) is 0 Å². The number of benzene rings is 1. The molecule has 0 spiro atoms. The van der Waals surface area contributed by atoms with Gasteiger partial charge in [0.1, 0.15) is 5.75 Å². The first-order valence-corrected chi connectivity index (χ1v) is 14.6. The Balaban J connectivity index is 1.05. The van der Waals surface area contributed by atoms with E-state index in [1.807, 2.05) is 30.0 Å². The normalized spacial score (nSPS) is 22.0. The maximum absolute atomic E-state index is 13.3. The molecule has 0 aliphatic carbocycles. The van der Waals surface area contributed by atoms with Crippen LogP contribution in [0.2, 0.25) is 5.02 Å². The molecule has 2 atom stereocenters. The molecule has 210 valence electrons. The number of rotatable bonds is 8. The second-order valence-corrected chi connectivity index (χ2v) is 11.5. The number of likely N-dealkylation sites (tertiary alicyclic amines) is 2. The van der Waals surface area contributed by atoms with Crippen LogP contribution in [0.4, 0.5) is 5.95 Å². The van der Waals surface area contributed by atoms with Crippen molar-refractivity contribution in [3.63, 3.8) is 0 Å². The summed E-state index contributed by atoms with van der Waals surface area (Å²) in [5.74, 6) is 1.92. The minimum absolute atomic E-state index is 0.0680. The summed E-state index contributed by atoms with van der Waals surface area (Å²) in [7, 11) is 0. The summed E-state index contributed by atoms with van der Waals surface area (Å²) in [6.45, 7) is 6.89. The Hall–Kier alpha value is -2.91. The average molecular weight is 555 g/mol. The van der Waals surface area contributed by atoms with Gasteiger partial charge in [0.05, 0.1) is 29.9 Å². The summed E-state index contributed by atoms with van der Waals surface area (Å²) < 4.78 is 6.02. The standard InChI is InChI=1S/C29H39ClN6O3/c1-20-15-23(39-14-4-5-21-8-12-35(13-9-21)29-32-16-22(30)17-33-29)6-7-24(20)27(37)36-18-25(26(31)19-36)28(38)34-10-2-3-11-34/h6-7,15-17,21,25-26H,2-5,8-14,18-19,31H2,1H3/t25-,26+/m1/s1. The van der Waals surface area contributed by atoms with Gasteiger partial charge < -0.3 is 25.2 Å². The second kappa shape index (κ2) is 12.5. The van der Waals surface area contributed by atoms with Crippen LogP contribution in [0.5, 0.6) is 5.75 Å². The van der Waals surface area contributed by atoms with Gasteiger partial charge in [-0.3, -0.25) is 9.59 Å². The number of piperidine rings is 1. The van der Waals surface area contributed by atoms with Crippen molar-refractivity contribution in [1.29, 1.82) is 0 Å². The SMILES string of the molecule is Cc1cc(OCCCC2CCN(c3ncc(Cl)cn3)CC2)ccc1C(=O)N1C[C@H](N)[C@H](C(=O)N2CCCC2)C1. The van der Waals surface area contributed by atoms with Gasteiger partial charge in [-0.25, -0.2) is 9.97 Å². The van der Waals surface area contributed by atoms with Crippen molar-refractivity contribution in [1.82, 2.24) is 19.8 Å². The van der Waals surface area contributed by atoms with Crippen LogP contribution in [0.15, 0.2) is 30.6 Å². The Labute approximate surface area is 235 Å². The van der Waals surface area contributed by atoms with E-state index in [-0.39, 0.29) is 23.8 Å². The number of carbonyl (C=O) groups is 2.